The number of fused-ring (bicyclic) bond motifs is 1. The van der Waals surface area contributed by atoms with Gasteiger partial charge in [0, 0.05) is 16.6 Å². The Kier molecular flexibility index (Phi) is 3.63. The molecule has 2 unspecified atom stereocenters. The van der Waals surface area contributed by atoms with E-state index in [0.717, 1.165) is 10.9 Å². The standard InChI is InChI=1S/C11H14BrN3O2/c1-6(2-3-13)9-11(16)15-10-8(17-9)4-7(12)5-14-10/h4-6,9H,2-3,13H2,1H3,(H,14,15,16). The van der Waals surface area contributed by atoms with Crippen LogP contribution < -0.4 is 15.8 Å². The fourth-order valence-electron chi connectivity index (χ4n) is 1.77. The lowest BCUT2D eigenvalue weighted by atomic mass is 9.99. The molecule has 3 N–H and O–H groups in total. The zero-order valence-electron chi connectivity index (χ0n) is 9.44. The van der Waals surface area contributed by atoms with E-state index in [0.29, 0.717) is 18.1 Å². The van der Waals surface area contributed by atoms with Crippen molar-refractivity contribution >= 4 is 27.7 Å². The van der Waals surface area contributed by atoms with E-state index < -0.39 is 6.10 Å². The second kappa shape index (κ2) is 5.01. The number of nitrogens with zero attached hydrogens (tertiary/aromatic N) is 1. The van der Waals surface area contributed by atoms with Crippen molar-refractivity contribution in [3.05, 3.63) is 16.7 Å². The molecule has 1 aliphatic rings. The van der Waals surface area contributed by atoms with Crippen LogP contribution in [0.15, 0.2) is 16.7 Å². The highest BCUT2D eigenvalue weighted by Crippen LogP contribution is 2.32. The van der Waals surface area contributed by atoms with E-state index in [1.807, 2.05) is 6.92 Å². The molecule has 0 bridgehead atoms. The lowest BCUT2D eigenvalue weighted by Gasteiger charge is -2.28. The molecule has 1 aliphatic heterocycles. The molecule has 2 heterocycles. The van der Waals surface area contributed by atoms with Crippen molar-refractivity contribution in [2.45, 2.75) is 19.4 Å². The number of nitrogens with two attached hydrogens (primary N) is 1. The number of nitrogens with one attached hydrogen (secondary N) is 1. The molecule has 0 spiro atoms. The van der Waals surface area contributed by atoms with E-state index in [1.165, 1.54) is 0 Å². The Balaban J connectivity index is 2.22. The second-order valence-electron chi connectivity index (χ2n) is 4.08. The summed E-state index contributed by atoms with van der Waals surface area (Å²) in [5.41, 5.74) is 5.49. The van der Waals surface area contributed by atoms with E-state index in [4.69, 9.17) is 10.5 Å². The predicted octanol–water partition coefficient (Wildman–Crippen LogP) is 1.53. The second-order valence-corrected chi connectivity index (χ2v) is 5.00. The van der Waals surface area contributed by atoms with Crippen LogP contribution in [0.2, 0.25) is 0 Å². The third kappa shape index (κ3) is 2.58. The third-order valence-corrected chi connectivity index (χ3v) is 3.15. The molecule has 2 atom stereocenters. The molecule has 1 aromatic heterocycles. The van der Waals surface area contributed by atoms with Gasteiger partial charge < -0.3 is 15.8 Å². The lowest BCUT2D eigenvalue weighted by Crippen LogP contribution is -2.42. The van der Waals surface area contributed by atoms with Crippen LogP contribution in [0.5, 0.6) is 5.75 Å². The first kappa shape index (κ1) is 12.3. The average molecular weight is 300 g/mol. The Hall–Kier alpha value is -1.14. The summed E-state index contributed by atoms with van der Waals surface area (Å²) in [6, 6.07) is 1.80. The summed E-state index contributed by atoms with van der Waals surface area (Å²) in [7, 11) is 0. The number of carbonyl (C=O) groups is 1. The highest BCUT2D eigenvalue weighted by Gasteiger charge is 2.32. The quantitative estimate of drug-likeness (QED) is 0.887. The van der Waals surface area contributed by atoms with Gasteiger partial charge in [-0.2, -0.15) is 0 Å². The van der Waals surface area contributed by atoms with Gasteiger partial charge in [-0.1, -0.05) is 6.92 Å². The van der Waals surface area contributed by atoms with Crippen LogP contribution in [0, 0.1) is 5.92 Å². The van der Waals surface area contributed by atoms with Gasteiger partial charge in [0.25, 0.3) is 5.91 Å². The summed E-state index contributed by atoms with van der Waals surface area (Å²) in [6.07, 6.45) is 1.86. The minimum absolute atomic E-state index is 0.0760. The van der Waals surface area contributed by atoms with Gasteiger partial charge in [0.2, 0.25) is 0 Å². The number of ether oxygens (including phenoxy) is 1. The maximum atomic E-state index is 11.8. The predicted molar refractivity (Wildman–Crippen MR) is 67.8 cm³/mol. The van der Waals surface area contributed by atoms with Crippen molar-refractivity contribution in [3.8, 4) is 5.75 Å². The molecule has 17 heavy (non-hydrogen) atoms. The van der Waals surface area contributed by atoms with Gasteiger partial charge in [-0.15, -0.1) is 0 Å². The minimum atomic E-state index is -0.498. The molecule has 1 amide bonds. The number of amides is 1. The summed E-state index contributed by atoms with van der Waals surface area (Å²) in [5.74, 6) is 0.975. The smallest absolute Gasteiger partial charge is 0.266 e. The van der Waals surface area contributed by atoms with Crippen molar-refractivity contribution in [2.24, 2.45) is 11.7 Å². The number of halogens is 1. The molecule has 2 rings (SSSR count). The Bertz CT molecular complexity index is 439. The number of hydrogen-bond donors (Lipinski definition) is 2. The molecule has 0 aromatic carbocycles. The Morgan fingerprint density at radius 3 is 3.18 bits per heavy atom. The number of aromatic nitrogens is 1. The first-order valence-electron chi connectivity index (χ1n) is 5.45. The number of hydrogen-bond acceptors (Lipinski definition) is 4. The van der Waals surface area contributed by atoms with Crippen molar-refractivity contribution in [1.82, 2.24) is 4.98 Å². The van der Waals surface area contributed by atoms with Crippen molar-refractivity contribution < 1.29 is 9.53 Å². The molecule has 1 aromatic rings. The fraction of sp³-hybridized carbons (Fsp3) is 0.455. The van der Waals surface area contributed by atoms with Crippen LogP contribution in [-0.4, -0.2) is 23.5 Å². The molecular weight excluding hydrogens is 286 g/mol. The summed E-state index contributed by atoms with van der Waals surface area (Å²) in [4.78, 5) is 15.9. The summed E-state index contributed by atoms with van der Waals surface area (Å²) in [6.45, 7) is 2.49. The van der Waals surface area contributed by atoms with E-state index in [2.05, 4.69) is 26.2 Å². The monoisotopic (exact) mass is 299 g/mol. The number of anilines is 1. The normalized spacial score (nSPS) is 20.2. The highest BCUT2D eigenvalue weighted by atomic mass is 79.9. The highest BCUT2D eigenvalue weighted by molar-refractivity contribution is 9.10. The molecular formula is C11H14BrN3O2. The summed E-state index contributed by atoms with van der Waals surface area (Å²) in [5, 5.41) is 2.74. The maximum absolute atomic E-state index is 11.8. The van der Waals surface area contributed by atoms with Gasteiger partial charge in [0.05, 0.1) is 0 Å². The molecule has 6 heteroatoms. The molecule has 0 fully saturated rings. The van der Waals surface area contributed by atoms with Gasteiger partial charge >= 0.3 is 0 Å². The van der Waals surface area contributed by atoms with Crippen LogP contribution in [-0.2, 0) is 4.79 Å². The van der Waals surface area contributed by atoms with Gasteiger partial charge in [0.1, 0.15) is 0 Å². The number of pyridine rings is 1. The van der Waals surface area contributed by atoms with E-state index in [9.17, 15) is 4.79 Å². The Morgan fingerprint density at radius 2 is 2.47 bits per heavy atom. The van der Waals surface area contributed by atoms with Crippen molar-refractivity contribution in [1.29, 1.82) is 0 Å². The Labute approximate surface area is 108 Å². The van der Waals surface area contributed by atoms with Crippen LogP contribution in [0.4, 0.5) is 5.82 Å². The Morgan fingerprint density at radius 1 is 1.71 bits per heavy atom. The topological polar surface area (TPSA) is 77.2 Å². The first-order chi connectivity index (χ1) is 8.11. The minimum Gasteiger partial charge on any atom is -0.476 e. The maximum Gasteiger partial charge on any atom is 0.266 e. The first-order valence-corrected chi connectivity index (χ1v) is 6.24. The summed E-state index contributed by atoms with van der Waals surface area (Å²) < 4.78 is 6.50. The zero-order chi connectivity index (χ0) is 12.4. The number of rotatable bonds is 3. The molecule has 92 valence electrons. The van der Waals surface area contributed by atoms with Gasteiger partial charge in [-0.25, -0.2) is 4.98 Å². The summed E-state index contributed by atoms with van der Waals surface area (Å²) >= 11 is 3.32. The van der Waals surface area contributed by atoms with E-state index in [-0.39, 0.29) is 11.8 Å². The van der Waals surface area contributed by atoms with Gasteiger partial charge in [-0.3, -0.25) is 4.79 Å². The molecule has 0 aliphatic carbocycles. The lowest BCUT2D eigenvalue weighted by molar-refractivity contribution is -0.125. The SMILES string of the molecule is CC(CCN)C1Oc2cc(Br)cnc2NC1=O. The zero-order valence-corrected chi connectivity index (χ0v) is 11.0. The molecule has 5 nitrogen and oxygen atoms in total. The number of carbonyl (C=O) groups excluding carboxylic acids is 1. The fourth-order valence-corrected chi connectivity index (χ4v) is 2.08. The van der Waals surface area contributed by atoms with Crippen LogP contribution in [0.25, 0.3) is 0 Å². The molecule has 0 saturated carbocycles. The van der Waals surface area contributed by atoms with E-state index in [1.54, 1.807) is 12.3 Å². The average Bonchev–Trinajstić information content (AvgIpc) is 2.29. The largest absolute Gasteiger partial charge is 0.476 e. The van der Waals surface area contributed by atoms with Crippen LogP contribution in [0.1, 0.15) is 13.3 Å². The van der Waals surface area contributed by atoms with Crippen molar-refractivity contribution in [3.63, 3.8) is 0 Å². The molecule has 0 saturated heterocycles. The van der Waals surface area contributed by atoms with Crippen molar-refractivity contribution in [2.75, 3.05) is 11.9 Å². The van der Waals surface area contributed by atoms with E-state index >= 15 is 0 Å². The van der Waals surface area contributed by atoms with Crippen LogP contribution in [0.3, 0.4) is 0 Å². The van der Waals surface area contributed by atoms with Crippen LogP contribution >= 0.6 is 15.9 Å². The van der Waals surface area contributed by atoms with Gasteiger partial charge in [0.15, 0.2) is 17.7 Å². The van der Waals surface area contributed by atoms with Gasteiger partial charge in [-0.05, 0) is 35.0 Å². The third-order valence-electron chi connectivity index (χ3n) is 2.71. The molecule has 0 radical (unpaired) electrons.